The molecule has 1 aliphatic carbocycles. The van der Waals surface area contributed by atoms with Crippen LogP contribution in [0.2, 0.25) is 0 Å². The van der Waals surface area contributed by atoms with E-state index < -0.39 is 5.41 Å². The summed E-state index contributed by atoms with van der Waals surface area (Å²) in [5, 5.41) is 0. The van der Waals surface area contributed by atoms with E-state index in [-0.39, 0.29) is 17.5 Å². The molecule has 100 valence electrons. The van der Waals surface area contributed by atoms with Crippen LogP contribution >= 0.6 is 0 Å². The second kappa shape index (κ2) is 4.44. The molecule has 1 heterocycles. The number of carbonyl (C=O) groups excluding carboxylic acids is 2. The van der Waals surface area contributed by atoms with Crippen molar-refractivity contribution in [3.05, 3.63) is 35.6 Å². The summed E-state index contributed by atoms with van der Waals surface area (Å²) in [5.74, 6) is -0.105. The predicted molar refractivity (Wildman–Crippen MR) is 68.1 cm³/mol. The van der Waals surface area contributed by atoms with Crippen molar-refractivity contribution in [1.29, 1.82) is 0 Å². The van der Waals surface area contributed by atoms with E-state index in [9.17, 15) is 14.0 Å². The second-order valence-corrected chi connectivity index (χ2v) is 5.39. The third kappa shape index (κ3) is 2.05. The summed E-state index contributed by atoms with van der Waals surface area (Å²) < 4.78 is 13.9. The molecule has 0 radical (unpaired) electrons. The van der Waals surface area contributed by atoms with Crippen LogP contribution in [0.3, 0.4) is 0 Å². The van der Waals surface area contributed by atoms with E-state index in [0.717, 1.165) is 0 Å². The van der Waals surface area contributed by atoms with Gasteiger partial charge in [-0.2, -0.15) is 0 Å². The third-order valence-corrected chi connectivity index (χ3v) is 4.16. The summed E-state index contributed by atoms with van der Waals surface area (Å²) >= 11 is 0. The van der Waals surface area contributed by atoms with Gasteiger partial charge in [0.1, 0.15) is 11.6 Å². The first-order valence-corrected chi connectivity index (χ1v) is 6.69. The summed E-state index contributed by atoms with van der Waals surface area (Å²) in [6, 6.07) is 6.52. The number of likely N-dealkylation sites (tertiary alicyclic amines) is 1. The predicted octanol–water partition coefficient (Wildman–Crippen LogP) is 2.05. The van der Waals surface area contributed by atoms with Gasteiger partial charge < -0.3 is 4.90 Å². The second-order valence-electron chi connectivity index (χ2n) is 5.39. The number of nitrogens with zero attached hydrogens (tertiary/aromatic N) is 1. The van der Waals surface area contributed by atoms with Crippen LogP contribution in [0.5, 0.6) is 0 Å². The molecular formula is C15H16FNO2. The number of benzene rings is 1. The number of hydrogen-bond acceptors (Lipinski definition) is 2. The minimum Gasteiger partial charge on any atom is -0.341 e. The van der Waals surface area contributed by atoms with Crippen molar-refractivity contribution < 1.29 is 14.0 Å². The smallest absolute Gasteiger partial charge is 0.233 e. The van der Waals surface area contributed by atoms with E-state index in [4.69, 9.17) is 0 Å². The Morgan fingerprint density at radius 2 is 1.79 bits per heavy atom. The molecule has 0 unspecified atom stereocenters. The molecule has 0 aromatic heterocycles. The number of Topliss-reactive ketones (excluding diaryl/α,β-unsaturated/α-hetero) is 1. The van der Waals surface area contributed by atoms with Crippen LogP contribution < -0.4 is 0 Å². The Hall–Kier alpha value is -1.71. The van der Waals surface area contributed by atoms with Gasteiger partial charge in [-0.3, -0.25) is 9.59 Å². The maximum atomic E-state index is 13.9. The Balaban J connectivity index is 1.83. The Morgan fingerprint density at radius 3 is 2.37 bits per heavy atom. The molecule has 1 saturated carbocycles. The topological polar surface area (TPSA) is 37.4 Å². The molecule has 2 aliphatic rings. The van der Waals surface area contributed by atoms with E-state index in [1.165, 1.54) is 6.07 Å². The zero-order valence-corrected chi connectivity index (χ0v) is 10.7. The molecule has 19 heavy (non-hydrogen) atoms. The molecule has 3 nitrogen and oxygen atoms in total. The van der Waals surface area contributed by atoms with Gasteiger partial charge >= 0.3 is 0 Å². The van der Waals surface area contributed by atoms with E-state index in [0.29, 0.717) is 44.3 Å². The SMILES string of the molecule is O=C1CCN(C(=O)C2(c3ccccc3F)CC2)CC1. The monoisotopic (exact) mass is 261 g/mol. The molecule has 4 heteroatoms. The van der Waals surface area contributed by atoms with Gasteiger partial charge in [-0.25, -0.2) is 4.39 Å². The van der Waals surface area contributed by atoms with Crippen LogP contribution in [0.1, 0.15) is 31.2 Å². The van der Waals surface area contributed by atoms with Crippen molar-refractivity contribution in [2.24, 2.45) is 0 Å². The van der Waals surface area contributed by atoms with E-state index >= 15 is 0 Å². The molecule has 0 N–H and O–H groups in total. The van der Waals surface area contributed by atoms with E-state index in [2.05, 4.69) is 0 Å². The largest absolute Gasteiger partial charge is 0.341 e. The first-order chi connectivity index (χ1) is 9.13. The lowest BCUT2D eigenvalue weighted by Crippen LogP contribution is -2.44. The van der Waals surface area contributed by atoms with Gasteiger partial charge in [-0.15, -0.1) is 0 Å². The van der Waals surface area contributed by atoms with Gasteiger partial charge in [0.05, 0.1) is 5.41 Å². The minimum atomic E-state index is -0.661. The van der Waals surface area contributed by atoms with Crippen LogP contribution in [0.25, 0.3) is 0 Å². The van der Waals surface area contributed by atoms with Crippen LogP contribution in [-0.4, -0.2) is 29.7 Å². The Bertz CT molecular complexity index is 527. The van der Waals surface area contributed by atoms with Crippen molar-refractivity contribution in [1.82, 2.24) is 4.90 Å². The van der Waals surface area contributed by atoms with Crippen molar-refractivity contribution in [3.8, 4) is 0 Å². The van der Waals surface area contributed by atoms with Crippen molar-refractivity contribution >= 4 is 11.7 Å². The normalized spacial score (nSPS) is 21.3. The molecule has 0 spiro atoms. The molecule has 0 atom stereocenters. The third-order valence-electron chi connectivity index (χ3n) is 4.16. The lowest BCUT2D eigenvalue weighted by atomic mass is 9.93. The first-order valence-electron chi connectivity index (χ1n) is 6.69. The highest BCUT2D eigenvalue weighted by Gasteiger charge is 2.54. The molecule has 2 fully saturated rings. The fourth-order valence-electron chi connectivity index (χ4n) is 2.83. The van der Waals surface area contributed by atoms with Crippen molar-refractivity contribution in [2.45, 2.75) is 31.1 Å². The molecule has 1 aliphatic heterocycles. The van der Waals surface area contributed by atoms with Crippen LogP contribution in [0, 0.1) is 5.82 Å². The zero-order valence-electron chi connectivity index (χ0n) is 10.7. The minimum absolute atomic E-state index is 0.00917. The molecule has 0 bridgehead atoms. The Labute approximate surface area is 111 Å². The highest BCUT2D eigenvalue weighted by molar-refractivity contribution is 5.92. The number of ketones is 1. The number of carbonyl (C=O) groups is 2. The summed E-state index contributed by atoms with van der Waals surface area (Å²) in [5.41, 5.74) is -0.150. The number of rotatable bonds is 2. The summed E-state index contributed by atoms with van der Waals surface area (Å²) in [4.78, 5) is 25.5. The van der Waals surface area contributed by atoms with Gasteiger partial charge in [0, 0.05) is 31.5 Å². The van der Waals surface area contributed by atoms with Crippen LogP contribution in [0.4, 0.5) is 4.39 Å². The molecule has 1 aromatic carbocycles. The maximum Gasteiger partial charge on any atom is 0.233 e. The highest BCUT2D eigenvalue weighted by Crippen LogP contribution is 2.50. The zero-order chi connectivity index (χ0) is 13.5. The van der Waals surface area contributed by atoms with Crippen molar-refractivity contribution in [2.75, 3.05) is 13.1 Å². The van der Waals surface area contributed by atoms with Crippen LogP contribution in [-0.2, 0) is 15.0 Å². The quantitative estimate of drug-likeness (QED) is 0.817. The fraction of sp³-hybridized carbons (Fsp3) is 0.467. The average molecular weight is 261 g/mol. The maximum absolute atomic E-state index is 13.9. The molecule has 1 amide bonds. The van der Waals surface area contributed by atoms with Gasteiger partial charge in [0.15, 0.2) is 0 Å². The molecule has 3 rings (SSSR count). The fourth-order valence-corrected chi connectivity index (χ4v) is 2.83. The number of amides is 1. The Morgan fingerprint density at radius 1 is 1.16 bits per heavy atom. The van der Waals surface area contributed by atoms with Crippen LogP contribution in [0.15, 0.2) is 24.3 Å². The molecular weight excluding hydrogens is 245 g/mol. The average Bonchev–Trinajstić information content (AvgIpc) is 3.21. The first kappa shape index (κ1) is 12.3. The number of halogens is 1. The Kier molecular flexibility index (Phi) is 2.88. The van der Waals surface area contributed by atoms with Gasteiger partial charge in [0.2, 0.25) is 5.91 Å². The van der Waals surface area contributed by atoms with Gasteiger partial charge in [-0.05, 0) is 18.9 Å². The number of piperidine rings is 1. The van der Waals surface area contributed by atoms with Gasteiger partial charge in [-0.1, -0.05) is 18.2 Å². The lowest BCUT2D eigenvalue weighted by Gasteiger charge is -2.30. The van der Waals surface area contributed by atoms with Gasteiger partial charge in [0.25, 0.3) is 0 Å². The van der Waals surface area contributed by atoms with Crippen molar-refractivity contribution in [3.63, 3.8) is 0 Å². The standard InChI is InChI=1S/C15H16FNO2/c16-13-4-2-1-3-12(13)15(7-8-15)14(19)17-9-5-11(18)6-10-17/h1-4H,5-10H2. The summed E-state index contributed by atoms with van der Waals surface area (Å²) in [7, 11) is 0. The highest BCUT2D eigenvalue weighted by atomic mass is 19.1. The van der Waals surface area contributed by atoms with E-state index in [1.54, 1.807) is 23.1 Å². The number of hydrogen-bond donors (Lipinski definition) is 0. The van der Waals surface area contributed by atoms with E-state index in [1.807, 2.05) is 0 Å². The summed E-state index contributed by atoms with van der Waals surface area (Å²) in [6.07, 6.45) is 2.27. The molecule has 1 saturated heterocycles. The summed E-state index contributed by atoms with van der Waals surface area (Å²) in [6.45, 7) is 0.960. The molecule has 1 aromatic rings. The lowest BCUT2D eigenvalue weighted by molar-refractivity contribution is -0.137.